The van der Waals surface area contributed by atoms with Crippen LogP contribution >= 0.6 is 11.3 Å². The molecule has 0 spiro atoms. The summed E-state index contributed by atoms with van der Waals surface area (Å²) in [5, 5.41) is 10.9. The number of nitriles is 1. The Morgan fingerprint density at radius 1 is 1.14 bits per heavy atom. The van der Waals surface area contributed by atoms with Crippen molar-refractivity contribution in [2.24, 2.45) is 0 Å². The van der Waals surface area contributed by atoms with Crippen LogP contribution in [-0.4, -0.2) is 37.0 Å². The molecule has 21 heavy (non-hydrogen) atoms. The third kappa shape index (κ3) is 2.91. The van der Waals surface area contributed by atoms with Crippen molar-refractivity contribution in [3.63, 3.8) is 0 Å². The first-order chi connectivity index (χ1) is 10.3. The molecule has 1 fully saturated rings. The van der Waals surface area contributed by atoms with Gasteiger partial charge >= 0.3 is 0 Å². The maximum absolute atomic E-state index is 12.3. The number of benzene rings is 1. The molecule has 4 nitrogen and oxygen atoms in total. The van der Waals surface area contributed by atoms with E-state index in [0.717, 1.165) is 23.7 Å². The molecule has 106 valence electrons. The molecule has 0 unspecified atom stereocenters. The standard InChI is InChI=1S/C16H15N3OS/c17-12-13-3-1-4-14(11-13)18-6-8-19(9-7-18)16(20)15-5-2-10-21-15/h1-5,10-11H,6-9H2. The topological polar surface area (TPSA) is 47.3 Å². The predicted octanol–water partition coefficient (Wildman–Crippen LogP) is 2.58. The molecule has 0 N–H and O–H groups in total. The Bertz CT molecular complexity index is 667. The number of carbonyl (C=O) groups is 1. The molecule has 1 saturated heterocycles. The van der Waals surface area contributed by atoms with Gasteiger partial charge in [-0.15, -0.1) is 11.3 Å². The fourth-order valence-corrected chi connectivity index (χ4v) is 3.19. The Labute approximate surface area is 127 Å². The van der Waals surface area contributed by atoms with Gasteiger partial charge in [-0.2, -0.15) is 5.26 Å². The Kier molecular flexibility index (Phi) is 3.89. The van der Waals surface area contributed by atoms with Crippen molar-refractivity contribution in [2.45, 2.75) is 0 Å². The van der Waals surface area contributed by atoms with Crippen molar-refractivity contribution in [3.8, 4) is 6.07 Å². The molecular weight excluding hydrogens is 282 g/mol. The van der Waals surface area contributed by atoms with Crippen molar-refractivity contribution in [1.29, 1.82) is 5.26 Å². The van der Waals surface area contributed by atoms with E-state index >= 15 is 0 Å². The zero-order chi connectivity index (χ0) is 14.7. The lowest BCUT2D eigenvalue weighted by Gasteiger charge is -2.36. The molecule has 0 bridgehead atoms. The number of anilines is 1. The third-order valence-electron chi connectivity index (χ3n) is 3.64. The van der Waals surface area contributed by atoms with E-state index in [1.807, 2.05) is 40.6 Å². The smallest absolute Gasteiger partial charge is 0.264 e. The largest absolute Gasteiger partial charge is 0.368 e. The van der Waals surface area contributed by atoms with Crippen LogP contribution in [0, 0.1) is 11.3 Å². The van der Waals surface area contributed by atoms with E-state index in [-0.39, 0.29) is 5.91 Å². The lowest BCUT2D eigenvalue weighted by molar-refractivity contribution is 0.0751. The van der Waals surface area contributed by atoms with Crippen LogP contribution < -0.4 is 4.90 Å². The summed E-state index contributed by atoms with van der Waals surface area (Å²) in [6.07, 6.45) is 0. The minimum Gasteiger partial charge on any atom is -0.368 e. The van der Waals surface area contributed by atoms with E-state index in [4.69, 9.17) is 5.26 Å². The average Bonchev–Trinajstić information content (AvgIpc) is 3.09. The van der Waals surface area contributed by atoms with E-state index in [9.17, 15) is 4.79 Å². The van der Waals surface area contributed by atoms with E-state index in [0.29, 0.717) is 18.7 Å². The lowest BCUT2D eigenvalue weighted by Crippen LogP contribution is -2.48. The van der Waals surface area contributed by atoms with Crippen molar-refractivity contribution in [1.82, 2.24) is 4.90 Å². The second-order valence-electron chi connectivity index (χ2n) is 4.92. The summed E-state index contributed by atoms with van der Waals surface area (Å²) in [6.45, 7) is 3.03. The van der Waals surface area contributed by atoms with E-state index in [1.54, 1.807) is 6.07 Å². The van der Waals surface area contributed by atoms with Crippen molar-refractivity contribution < 1.29 is 4.79 Å². The van der Waals surface area contributed by atoms with Gasteiger partial charge in [0, 0.05) is 31.9 Å². The number of rotatable bonds is 2. The number of thiophene rings is 1. The maximum Gasteiger partial charge on any atom is 0.264 e. The second-order valence-corrected chi connectivity index (χ2v) is 5.87. The molecule has 1 amide bonds. The molecule has 1 aromatic heterocycles. The zero-order valence-electron chi connectivity index (χ0n) is 11.5. The van der Waals surface area contributed by atoms with Crippen LogP contribution in [0.5, 0.6) is 0 Å². The molecule has 0 aliphatic carbocycles. The lowest BCUT2D eigenvalue weighted by atomic mass is 10.2. The second kappa shape index (κ2) is 5.98. The van der Waals surface area contributed by atoms with Gasteiger partial charge in [0.15, 0.2) is 0 Å². The summed E-state index contributed by atoms with van der Waals surface area (Å²) < 4.78 is 0. The maximum atomic E-state index is 12.3. The Hall–Kier alpha value is -2.32. The fourth-order valence-electron chi connectivity index (χ4n) is 2.50. The minimum atomic E-state index is 0.121. The number of hydrogen-bond acceptors (Lipinski definition) is 4. The molecule has 2 heterocycles. The summed E-state index contributed by atoms with van der Waals surface area (Å²) in [5.41, 5.74) is 1.72. The normalized spacial score (nSPS) is 14.8. The van der Waals surface area contributed by atoms with Crippen LogP contribution in [0.1, 0.15) is 15.2 Å². The van der Waals surface area contributed by atoms with Crippen LogP contribution in [-0.2, 0) is 0 Å². The Balaban J connectivity index is 1.65. The Morgan fingerprint density at radius 2 is 1.95 bits per heavy atom. The van der Waals surface area contributed by atoms with Gasteiger partial charge in [0.1, 0.15) is 0 Å². The summed E-state index contributed by atoms with van der Waals surface area (Å²) in [7, 11) is 0. The van der Waals surface area contributed by atoms with Crippen LogP contribution in [0.25, 0.3) is 0 Å². The number of hydrogen-bond donors (Lipinski definition) is 0. The van der Waals surface area contributed by atoms with Gasteiger partial charge in [-0.25, -0.2) is 0 Å². The summed E-state index contributed by atoms with van der Waals surface area (Å²) in [5.74, 6) is 0.121. The van der Waals surface area contributed by atoms with Crippen LogP contribution in [0.15, 0.2) is 41.8 Å². The van der Waals surface area contributed by atoms with Crippen molar-refractivity contribution >= 4 is 22.9 Å². The van der Waals surface area contributed by atoms with Gasteiger partial charge in [0.05, 0.1) is 16.5 Å². The molecule has 5 heteroatoms. The number of nitrogens with zero attached hydrogens (tertiary/aromatic N) is 3. The highest BCUT2D eigenvalue weighted by Gasteiger charge is 2.22. The highest BCUT2D eigenvalue weighted by atomic mass is 32.1. The predicted molar refractivity (Wildman–Crippen MR) is 83.6 cm³/mol. The highest BCUT2D eigenvalue weighted by molar-refractivity contribution is 7.12. The molecule has 1 aliphatic heterocycles. The Morgan fingerprint density at radius 3 is 2.62 bits per heavy atom. The molecule has 1 aliphatic rings. The first-order valence-corrected chi connectivity index (χ1v) is 7.74. The first kappa shape index (κ1) is 13.7. The highest BCUT2D eigenvalue weighted by Crippen LogP contribution is 2.19. The number of carbonyl (C=O) groups excluding carboxylic acids is 1. The van der Waals surface area contributed by atoms with Crippen molar-refractivity contribution in [2.75, 3.05) is 31.1 Å². The fraction of sp³-hybridized carbons (Fsp3) is 0.250. The van der Waals surface area contributed by atoms with Gasteiger partial charge in [-0.1, -0.05) is 12.1 Å². The summed E-state index contributed by atoms with van der Waals surface area (Å²) in [4.78, 5) is 17.2. The number of amides is 1. The molecule has 3 rings (SSSR count). The molecule has 2 aromatic rings. The van der Waals surface area contributed by atoms with E-state index < -0.39 is 0 Å². The van der Waals surface area contributed by atoms with Crippen LogP contribution in [0.4, 0.5) is 5.69 Å². The van der Waals surface area contributed by atoms with Gasteiger partial charge < -0.3 is 9.80 Å². The van der Waals surface area contributed by atoms with Gasteiger partial charge in [-0.3, -0.25) is 4.79 Å². The van der Waals surface area contributed by atoms with Gasteiger partial charge in [0.2, 0.25) is 0 Å². The first-order valence-electron chi connectivity index (χ1n) is 6.86. The average molecular weight is 297 g/mol. The molecule has 0 saturated carbocycles. The summed E-state index contributed by atoms with van der Waals surface area (Å²) in [6, 6.07) is 13.6. The zero-order valence-corrected chi connectivity index (χ0v) is 12.3. The minimum absolute atomic E-state index is 0.121. The van der Waals surface area contributed by atoms with E-state index in [2.05, 4.69) is 11.0 Å². The SMILES string of the molecule is N#Cc1cccc(N2CCN(C(=O)c3cccs3)CC2)c1. The van der Waals surface area contributed by atoms with Crippen LogP contribution in [0.2, 0.25) is 0 Å². The van der Waals surface area contributed by atoms with Crippen molar-refractivity contribution in [3.05, 3.63) is 52.2 Å². The monoisotopic (exact) mass is 297 g/mol. The quantitative estimate of drug-likeness (QED) is 0.856. The van der Waals surface area contributed by atoms with Gasteiger partial charge in [-0.05, 0) is 29.6 Å². The molecular formula is C16H15N3OS. The summed E-state index contributed by atoms with van der Waals surface area (Å²) >= 11 is 1.49. The number of piperazine rings is 1. The van der Waals surface area contributed by atoms with Gasteiger partial charge in [0.25, 0.3) is 5.91 Å². The molecule has 1 aromatic carbocycles. The third-order valence-corrected chi connectivity index (χ3v) is 4.50. The van der Waals surface area contributed by atoms with E-state index in [1.165, 1.54) is 11.3 Å². The molecule has 0 radical (unpaired) electrons. The molecule has 0 atom stereocenters. The van der Waals surface area contributed by atoms with Crippen LogP contribution in [0.3, 0.4) is 0 Å².